The van der Waals surface area contributed by atoms with E-state index in [-0.39, 0.29) is 18.3 Å². The third-order valence-corrected chi connectivity index (χ3v) is 5.26. The fourth-order valence-corrected chi connectivity index (χ4v) is 3.79. The number of benzene rings is 3. The Morgan fingerprint density at radius 2 is 1.87 bits per heavy atom. The van der Waals surface area contributed by atoms with Crippen molar-refractivity contribution in [3.63, 3.8) is 0 Å². The number of rotatable bonds is 7. The molecule has 1 aromatic heterocycles. The second-order valence-electron chi connectivity index (χ2n) is 6.45. The van der Waals surface area contributed by atoms with Crippen LogP contribution in [0.25, 0.3) is 10.2 Å². The van der Waals surface area contributed by atoms with E-state index < -0.39 is 0 Å². The summed E-state index contributed by atoms with van der Waals surface area (Å²) in [6, 6.07) is 18.7. The molecule has 30 heavy (non-hydrogen) atoms. The first kappa shape index (κ1) is 19.8. The van der Waals surface area contributed by atoms with Gasteiger partial charge in [0.15, 0.2) is 5.13 Å². The topological polar surface area (TPSA) is 60.5 Å². The Balaban J connectivity index is 1.49. The van der Waals surface area contributed by atoms with Gasteiger partial charge in [0.1, 0.15) is 23.9 Å². The molecule has 3 aromatic carbocycles. The molecule has 1 amide bonds. The van der Waals surface area contributed by atoms with Gasteiger partial charge < -0.3 is 9.47 Å². The van der Waals surface area contributed by atoms with E-state index in [0.29, 0.717) is 23.1 Å². The predicted molar refractivity (Wildman–Crippen MR) is 116 cm³/mol. The molecule has 0 fully saturated rings. The Hall–Kier alpha value is -3.45. The maximum atomic E-state index is 13.1. The Bertz CT molecular complexity index is 1170. The van der Waals surface area contributed by atoms with Crippen molar-refractivity contribution < 1.29 is 18.7 Å². The zero-order valence-electron chi connectivity index (χ0n) is 16.2. The summed E-state index contributed by atoms with van der Waals surface area (Å²) < 4.78 is 25.3. The van der Waals surface area contributed by atoms with Gasteiger partial charge in [-0.1, -0.05) is 35.6 Å². The lowest BCUT2D eigenvalue weighted by Crippen LogP contribution is -2.13. The monoisotopic (exact) mass is 422 g/mol. The minimum atomic E-state index is -0.311. The molecule has 7 heteroatoms. The molecule has 4 rings (SSSR count). The molecule has 0 bridgehead atoms. The predicted octanol–water partition coefficient (Wildman–Crippen LogP) is 5.67. The lowest BCUT2D eigenvalue weighted by atomic mass is 10.2. The summed E-state index contributed by atoms with van der Waals surface area (Å²) in [6.45, 7) is 2.74. The minimum Gasteiger partial charge on any atom is -0.494 e. The van der Waals surface area contributed by atoms with Crippen molar-refractivity contribution in [2.75, 3.05) is 11.9 Å². The van der Waals surface area contributed by atoms with Gasteiger partial charge in [0.2, 0.25) is 0 Å². The van der Waals surface area contributed by atoms with Gasteiger partial charge in [-0.2, -0.15) is 0 Å². The molecule has 0 saturated carbocycles. The number of carbonyl (C=O) groups is 1. The van der Waals surface area contributed by atoms with Gasteiger partial charge >= 0.3 is 0 Å². The zero-order valence-corrected chi connectivity index (χ0v) is 17.0. The molecule has 0 unspecified atom stereocenters. The fraction of sp³-hybridized carbons (Fsp3) is 0.130. The van der Waals surface area contributed by atoms with Crippen LogP contribution in [0.2, 0.25) is 0 Å². The molecule has 0 aliphatic carbocycles. The average molecular weight is 422 g/mol. The Labute approximate surface area is 177 Å². The van der Waals surface area contributed by atoms with E-state index >= 15 is 0 Å². The molecule has 1 N–H and O–H groups in total. The molecule has 5 nitrogen and oxygen atoms in total. The van der Waals surface area contributed by atoms with Gasteiger partial charge in [-0.05, 0) is 55.0 Å². The number of para-hydroxylation sites is 1. The number of halogens is 1. The van der Waals surface area contributed by atoms with Crippen molar-refractivity contribution in [3.8, 4) is 11.5 Å². The number of fused-ring (bicyclic) bond motifs is 1. The summed E-state index contributed by atoms with van der Waals surface area (Å²) in [7, 11) is 0. The first-order valence-corrected chi connectivity index (χ1v) is 10.2. The number of anilines is 1. The van der Waals surface area contributed by atoms with Crippen molar-refractivity contribution in [2.24, 2.45) is 0 Å². The van der Waals surface area contributed by atoms with E-state index in [4.69, 9.17) is 9.47 Å². The second-order valence-corrected chi connectivity index (χ2v) is 7.48. The summed E-state index contributed by atoms with van der Waals surface area (Å²) in [6.07, 6.45) is 0. The summed E-state index contributed by atoms with van der Waals surface area (Å²) in [4.78, 5) is 17.3. The Morgan fingerprint density at radius 1 is 1.07 bits per heavy atom. The third kappa shape index (κ3) is 4.58. The first-order chi connectivity index (χ1) is 14.6. The number of thiazole rings is 1. The van der Waals surface area contributed by atoms with Crippen LogP contribution >= 0.6 is 11.3 Å². The van der Waals surface area contributed by atoms with Crippen molar-refractivity contribution in [1.29, 1.82) is 0 Å². The molecule has 0 aliphatic heterocycles. The summed E-state index contributed by atoms with van der Waals surface area (Å²) in [5, 5.41) is 3.34. The minimum absolute atomic E-state index is 0.228. The van der Waals surface area contributed by atoms with Crippen molar-refractivity contribution in [3.05, 3.63) is 83.7 Å². The van der Waals surface area contributed by atoms with E-state index in [1.807, 2.05) is 25.1 Å². The van der Waals surface area contributed by atoms with Crippen LogP contribution in [0.3, 0.4) is 0 Å². The SMILES string of the molecule is CCOc1ccc2nc(NC(=O)c3ccccc3OCc3ccc(F)cc3)sc2c1. The van der Waals surface area contributed by atoms with Gasteiger partial charge in [-0.25, -0.2) is 9.37 Å². The van der Waals surface area contributed by atoms with E-state index in [1.165, 1.54) is 23.5 Å². The highest BCUT2D eigenvalue weighted by molar-refractivity contribution is 7.22. The maximum absolute atomic E-state index is 13.1. The smallest absolute Gasteiger partial charge is 0.261 e. The van der Waals surface area contributed by atoms with Crippen molar-refractivity contribution >= 4 is 32.6 Å². The van der Waals surface area contributed by atoms with Crippen LogP contribution in [0.4, 0.5) is 9.52 Å². The lowest BCUT2D eigenvalue weighted by Gasteiger charge is -2.11. The van der Waals surface area contributed by atoms with Gasteiger partial charge in [0.25, 0.3) is 5.91 Å². The van der Waals surface area contributed by atoms with E-state index in [2.05, 4.69) is 10.3 Å². The van der Waals surface area contributed by atoms with Crippen molar-refractivity contribution in [1.82, 2.24) is 4.98 Å². The number of nitrogens with one attached hydrogen (secondary N) is 1. The van der Waals surface area contributed by atoms with Crippen LogP contribution in [-0.4, -0.2) is 17.5 Å². The third-order valence-electron chi connectivity index (χ3n) is 4.33. The van der Waals surface area contributed by atoms with Crippen molar-refractivity contribution in [2.45, 2.75) is 13.5 Å². The molecule has 0 radical (unpaired) electrons. The van der Waals surface area contributed by atoms with Crippen LogP contribution in [0.5, 0.6) is 11.5 Å². The zero-order chi connectivity index (χ0) is 20.9. The highest BCUT2D eigenvalue weighted by Crippen LogP contribution is 2.30. The molecule has 0 saturated heterocycles. The van der Waals surface area contributed by atoms with Crippen LogP contribution in [0, 0.1) is 5.82 Å². The fourth-order valence-electron chi connectivity index (χ4n) is 2.90. The standard InChI is InChI=1S/C23H19FN2O3S/c1-2-28-17-11-12-19-21(13-17)30-23(25-19)26-22(27)18-5-3-4-6-20(18)29-14-15-7-9-16(24)10-8-15/h3-13H,2,14H2,1H3,(H,25,26,27). The highest BCUT2D eigenvalue weighted by Gasteiger charge is 2.15. The molecular formula is C23H19FN2O3S. The van der Waals surface area contributed by atoms with Crippen LogP contribution in [0.1, 0.15) is 22.8 Å². The largest absolute Gasteiger partial charge is 0.494 e. The van der Waals surface area contributed by atoms with Gasteiger partial charge in [0, 0.05) is 0 Å². The van der Waals surface area contributed by atoms with E-state index in [1.54, 1.807) is 36.4 Å². The van der Waals surface area contributed by atoms with Crippen LogP contribution in [0.15, 0.2) is 66.7 Å². The first-order valence-electron chi connectivity index (χ1n) is 9.43. The molecule has 0 spiro atoms. The summed E-state index contributed by atoms with van der Waals surface area (Å²) in [5.41, 5.74) is 2.00. The van der Waals surface area contributed by atoms with Gasteiger partial charge in [-0.15, -0.1) is 0 Å². The number of carbonyl (C=O) groups excluding carboxylic acids is 1. The maximum Gasteiger partial charge on any atom is 0.261 e. The van der Waals surface area contributed by atoms with Crippen LogP contribution < -0.4 is 14.8 Å². The van der Waals surface area contributed by atoms with Gasteiger partial charge in [-0.3, -0.25) is 10.1 Å². The number of hydrogen-bond donors (Lipinski definition) is 1. The quantitative estimate of drug-likeness (QED) is 0.417. The number of hydrogen-bond acceptors (Lipinski definition) is 5. The average Bonchev–Trinajstić information content (AvgIpc) is 3.15. The second kappa shape index (κ2) is 8.92. The number of amides is 1. The number of aromatic nitrogens is 1. The molecule has 4 aromatic rings. The molecular weight excluding hydrogens is 403 g/mol. The number of ether oxygens (including phenoxy) is 2. The Morgan fingerprint density at radius 3 is 2.67 bits per heavy atom. The summed E-state index contributed by atoms with van der Waals surface area (Å²) in [5.74, 6) is 0.599. The normalized spacial score (nSPS) is 10.7. The Kier molecular flexibility index (Phi) is 5.90. The molecule has 0 atom stereocenters. The lowest BCUT2D eigenvalue weighted by molar-refractivity contribution is 0.102. The summed E-state index contributed by atoms with van der Waals surface area (Å²) >= 11 is 1.38. The van der Waals surface area contributed by atoms with Crippen LogP contribution in [-0.2, 0) is 6.61 Å². The van der Waals surface area contributed by atoms with E-state index in [0.717, 1.165) is 21.5 Å². The highest BCUT2D eigenvalue weighted by atomic mass is 32.1. The molecule has 152 valence electrons. The van der Waals surface area contributed by atoms with Gasteiger partial charge in [0.05, 0.1) is 22.4 Å². The number of nitrogens with zero attached hydrogens (tertiary/aromatic N) is 1. The molecule has 0 aliphatic rings. The molecule has 1 heterocycles. The van der Waals surface area contributed by atoms with E-state index in [9.17, 15) is 9.18 Å².